The first-order valence-corrected chi connectivity index (χ1v) is 11.4. The van der Waals surface area contributed by atoms with Crippen LogP contribution in [-0.2, 0) is 20.2 Å². The normalized spacial score (nSPS) is 17.8. The van der Waals surface area contributed by atoms with Crippen LogP contribution < -0.4 is 5.32 Å². The monoisotopic (exact) mass is 380 g/mol. The molecule has 6 heteroatoms. The van der Waals surface area contributed by atoms with Gasteiger partial charge in [0, 0.05) is 19.6 Å². The zero-order valence-corrected chi connectivity index (χ0v) is 16.9. The summed E-state index contributed by atoms with van der Waals surface area (Å²) in [6.45, 7) is 5.31. The van der Waals surface area contributed by atoms with E-state index < -0.39 is 15.4 Å². The number of piperidine rings is 1. The van der Waals surface area contributed by atoms with Gasteiger partial charge in [0.2, 0.25) is 15.9 Å². The van der Waals surface area contributed by atoms with Gasteiger partial charge in [-0.3, -0.25) is 4.79 Å². The molecule has 0 bridgehead atoms. The van der Waals surface area contributed by atoms with E-state index in [1.807, 2.05) is 30.3 Å². The van der Waals surface area contributed by atoms with Crippen LogP contribution in [0.25, 0.3) is 0 Å². The van der Waals surface area contributed by atoms with Crippen molar-refractivity contribution in [3.05, 3.63) is 35.9 Å². The van der Waals surface area contributed by atoms with Crippen LogP contribution in [0.1, 0.15) is 57.9 Å². The number of rotatable bonds is 9. The lowest BCUT2D eigenvalue weighted by atomic mass is 9.72. The lowest BCUT2D eigenvalue weighted by Crippen LogP contribution is -2.53. The third-order valence-electron chi connectivity index (χ3n) is 5.41. The Balaban J connectivity index is 2.12. The summed E-state index contributed by atoms with van der Waals surface area (Å²) < 4.78 is 25.9. The van der Waals surface area contributed by atoms with Gasteiger partial charge in [-0.2, -0.15) is 0 Å². The van der Waals surface area contributed by atoms with Crippen molar-refractivity contribution in [1.82, 2.24) is 9.62 Å². The summed E-state index contributed by atoms with van der Waals surface area (Å²) in [7, 11) is -3.20. The smallest absolute Gasteiger partial charge is 0.230 e. The SMILES string of the molecule is CCCCCCNC(=O)C1(c2ccccc2)CCN(S(=O)(=O)CC)CC1. The fourth-order valence-corrected chi connectivity index (χ4v) is 4.76. The summed E-state index contributed by atoms with van der Waals surface area (Å²) in [6, 6.07) is 9.80. The Morgan fingerprint density at radius 2 is 1.73 bits per heavy atom. The number of unbranched alkanes of at least 4 members (excludes halogenated alkanes) is 3. The van der Waals surface area contributed by atoms with E-state index in [1.165, 1.54) is 17.1 Å². The number of amides is 1. The first-order chi connectivity index (χ1) is 12.5. The maximum Gasteiger partial charge on any atom is 0.230 e. The molecule has 1 aromatic rings. The van der Waals surface area contributed by atoms with E-state index in [9.17, 15) is 13.2 Å². The minimum Gasteiger partial charge on any atom is -0.355 e. The number of hydrogen-bond donors (Lipinski definition) is 1. The van der Waals surface area contributed by atoms with Crippen LogP contribution in [0.2, 0.25) is 0 Å². The van der Waals surface area contributed by atoms with Gasteiger partial charge in [0.15, 0.2) is 0 Å². The van der Waals surface area contributed by atoms with Crippen molar-refractivity contribution < 1.29 is 13.2 Å². The summed E-state index contributed by atoms with van der Waals surface area (Å²) in [5, 5.41) is 3.11. The van der Waals surface area contributed by atoms with Crippen molar-refractivity contribution >= 4 is 15.9 Å². The largest absolute Gasteiger partial charge is 0.355 e. The highest BCUT2D eigenvalue weighted by Gasteiger charge is 2.44. The highest BCUT2D eigenvalue weighted by molar-refractivity contribution is 7.89. The van der Waals surface area contributed by atoms with E-state index in [2.05, 4.69) is 12.2 Å². The summed E-state index contributed by atoms with van der Waals surface area (Å²) >= 11 is 0. The van der Waals surface area contributed by atoms with Crippen molar-refractivity contribution in [3.63, 3.8) is 0 Å². The first-order valence-electron chi connectivity index (χ1n) is 9.78. The molecule has 0 radical (unpaired) electrons. The molecule has 0 saturated carbocycles. The summed E-state index contributed by atoms with van der Waals surface area (Å²) in [6.07, 6.45) is 5.51. The molecule has 1 heterocycles. The maximum atomic E-state index is 13.1. The molecule has 1 aromatic carbocycles. The second kappa shape index (κ2) is 9.51. The molecule has 1 saturated heterocycles. The minimum absolute atomic E-state index is 0.0359. The average molecular weight is 381 g/mol. The molecule has 0 aromatic heterocycles. The number of hydrogen-bond acceptors (Lipinski definition) is 3. The van der Waals surface area contributed by atoms with E-state index >= 15 is 0 Å². The van der Waals surface area contributed by atoms with Gasteiger partial charge in [-0.15, -0.1) is 0 Å². The Morgan fingerprint density at radius 3 is 2.31 bits per heavy atom. The Morgan fingerprint density at radius 1 is 1.08 bits per heavy atom. The molecule has 5 nitrogen and oxygen atoms in total. The van der Waals surface area contributed by atoms with Gasteiger partial charge in [-0.25, -0.2) is 12.7 Å². The van der Waals surface area contributed by atoms with Crippen LogP contribution in [-0.4, -0.2) is 44.0 Å². The number of carbonyl (C=O) groups excluding carboxylic acids is 1. The maximum absolute atomic E-state index is 13.1. The topological polar surface area (TPSA) is 66.5 Å². The fourth-order valence-electron chi connectivity index (χ4n) is 3.66. The first kappa shape index (κ1) is 20.9. The van der Waals surface area contributed by atoms with E-state index in [0.717, 1.165) is 18.4 Å². The second-order valence-electron chi connectivity index (χ2n) is 7.06. The molecule has 146 valence electrons. The van der Waals surface area contributed by atoms with Gasteiger partial charge in [0.25, 0.3) is 0 Å². The molecule has 1 amide bonds. The lowest BCUT2D eigenvalue weighted by Gasteiger charge is -2.40. The Labute approximate surface area is 158 Å². The van der Waals surface area contributed by atoms with Crippen LogP contribution >= 0.6 is 0 Å². The highest BCUT2D eigenvalue weighted by Crippen LogP contribution is 2.36. The van der Waals surface area contributed by atoms with E-state index in [-0.39, 0.29) is 11.7 Å². The molecule has 1 fully saturated rings. The summed E-state index contributed by atoms with van der Waals surface area (Å²) in [5.41, 5.74) is 0.353. The number of nitrogens with zero attached hydrogens (tertiary/aromatic N) is 1. The van der Waals surface area contributed by atoms with Gasteiger partial charge in [0.1, 0.15) is 0 Å². The number of carbonyl (C=O) groups is 1. The standard InChI is InChI=1S/C20H32N2O3S/c1-3-5-6-10-15-21-19(23)20(18-11-8-7-9-12-18)13-16-22(17-14-20)26(24,25)4-2/h7-9,11-12H,3-6,10,13-17H2,1-2H3,(H,21,23). The molecular weight excluding hydrogens is 348 g/mol. The number of sulfonamides is 1. The fraction of sp³-hybridized carbons (Fsp3) is 0.650. The molecule has 1 aliphatic rings. The third-order valence-corrected chi connectivity index (χ3v) is 7.29. The predicted molar refractivity (Wildman–Crippen MR) is 106 cm³/mol. The van der Waals surface area contributed by atoms with Crippen LogP contribution in [0.3, 0.4) is 0 Å². The number of nitrogens with one attached hydrogen (secondary N) is 1. The van der Waals surface area contributed by atoms with Crippen molar-refractivity contribution in [1.29, 1.82) is 0 Å². The van der Waals surface area contributed by atoms with Crippen LogP contribution in [0, 0.1) is 0 Å². The van der Waals surface area contributed by atoms with Gasteiger partial charge in [0.05, 0.1) is 11.2 Å². The summed E-state index contributed by atoms with van der Waals surface area (Å²) in [4.78, 5) is 13.1. The molecule has 0 atom stereocenters. The van der Waals surface area contributed by atoms with Crippen molar-refractivity contribution in [2.75, 3.05) is 25.4 Å². The Hall–Kier alpha value is -1.40. The van der Waals surface area contributed by atoms with Gasteiger partial charge in [-0.05, 0) is 31.7 Å². The van der Waals surface area contributed by atoms with Crippen LogP contribution in [0.5, 0.6) is 0 Å². The number of benzene rings is 1. The van der Waals surface area contributed by atoms with Crippen LogP contribution in [0.4, 0.5) is 0 Å². The molecular formula is C20H32N2O3S. The molecule has 26 heavy (non-hydrogen) atoms. The van der Waals surface area contributed by atoms with Gasteiger partial charge in [-0.1, -0.05) is 56.5 Å². The zero-order valence-electron chi connectivity index (χ0n) is 16.0. The van der Waals surface area contributed by atoms with Crippen molar-refractivity contribution in [3.8, 4) is 0 Å². The van der Waals surface area contributed by atoms with Gasteiger partial charge >= 0.3 is 0 Å². The molecule has 1 aliphatic heterocycles. The van der Waals surface area contributed by atoms with Gasteiger partial charge < -0.3 is 5.32 Å². The molecule has 0 spiro atoms. The van der Waals surface area contributed by atoms with E-state index in [0.29, 0.717) is 32.5 Å². The second-order valence-corrected chi connectivity index (χ2v) is 9.32. The quantitative estimate of drug-likeness (QED) is 0.670. The third kappa shape index (κ3) is 4.86. The highest BCUT2D eigenvalue weighted by atomic mass is 32.2. The lowest BCUT2D eigenvalue weighted by molar-refractivity contribution is -0.128. The molecule has 0 unspecified atom stereocenters. The van der Waals surface area contributed by atoms with Crippen molar-refractivity contribution in [2.24, 2.45) is 0 Å². The van der Waals surface area contributed by atoms with E-state index in [1.54, 1.807) is 6.92 Å². The Kier molecular flexibility index (Phi) is 7.65. The zero-order chi connectivity index (χ0) is 19.0. The van der Waals surface area contributed by atoms with Crippen molar-refractivity contribution in [2.45, 2.75) is 57.8 Å². The minimum atomic E-state index is -3.20. The predicted octanol–water partition coefficient (Wildman–Crippen LogP) is 3.07. The van der Waals surface area contributed by atoms with E-state index in [4.69, 9.17) is 0 Å². The molecule has 0 aliphatic carbocycles. The molecule has 2 rings (SSSR count). The average Bonchev–Trinajstić information content (AvgIpc) is 2.68. The van der Waals surface area contributed by atoms with Crippen LogP contribution in [0.15, 0.2) is 30.3 Å². The molecule has 1 N–H and O–H groups in total. The Bertz CT molecular complexity index is 666. The summed E-state index contributed by atoms with van der Waals surface area (Å²) in [5.74, 6) is 0.142.